The van der Waals surface area contributed by atoms with Crippen molar-refractivity contribution in [3.8, 4) is 5.69 Å². The number of benzene rings is 1. The molecular formula is C22H19ClN2O3S2. The van der Waals surface area contributed by atoms with E-state index < -0.39 is 11.2 Å². The minimum atomic E-state index is -0.542. The maximum absolute atomic E-state index is 13.4. The summed E-state index contributed by atoms with van der Waals surface area (Å²) in [5.41, 5.74) is -0.560. The first kappa shape index (κ1) is 20.8. The fraction of sp³-hybridized carbons (Fsp3) is 0.227. The Morgan fingerprint density at radius 3 is 2.43 bits per heavy atom. The molecule has 1 aromatic carbocycles. The van der Waals surface area contributed by atoms with E-state index in [0.717, 1.165) is 27.2 Å². The van der Waals surface area contributed by atoms with Gasteiger partial charge < -0.3 is 0 Å². The molecule has 30 heavy (non-hydrogen) atoms. The number of aryl methyl sites for hydroxylation is 2. The molecule has 0 aliphatic carbocycles. The monoisotopic (exact) mass is 458 g/mol. The summed E-state index contributed by atoms with van der Waals surface area (Å²) in [6.45, 7) is 3.90. The quantitative estimate of drug-likeness (QED) is 0.384. The summed E-state index contributed by atoms with van der Waals surface area (Å²) >= 11 is 8.91. The molecule has 0 fully saturated rings. The Morgan fingerprint density at radius 1 is 1.00 bits per heavy atom. The molecule has 0 spiro atoms. The van der Waals surface area contributed by atoms with E-state index in [1.54, 1.807) is 30.3 Å². The molecule has 0 saturated carbocycles. The molecule has 4 aromatic rings. The highest BCUT2D eigenvalue weighted by molar-refractivity contribution is 7.18. The molecular weight excluding hydrogens is 440 g/mol. The maximum atomic E-state index is 13.4. The highest BCUT2D eigenvalue weighted by Crippen LogP contribution is 2.24. The van der Waals surface area contributed by atoms with Crippen molar-refractivity contribution in [1.82, 2.24) is 9.13 Å². The van der Waals surface area contributed by atoms with E-state index in [4.69, 9.17) is 11.6 Å². The third kappa shape index (κ3) is 3.69. The molecule has 0 atom stereocenters. The normalized spacial score (nSPS) is 11.3. The van der Waals surface area contributed by atoms with Crippen molar-refractivity contribution in [2.24, 2.45) is 0 Å². The largest absolute Gasteiger partial charge is 0.337 e. The lowest BCUT2D eigenvalue weighted by Crippen LogP contribution is -2.39. The Bertz CT molecular complexity index is 1380. The Kier molecular flexibility index (Phi) is 5.77. The van der Waals surface area contributed by atoms with Gasteiger partial charge in [0.2, 0.25) is 0 Å². The number of ketones is 1. The second-order valence-electron chi connectivity index (χ2n) is 6.82. The first-order valence-corrected chi connectivity index (χ1v) is 11.6. The van der Waals surface area contributed by atoms with Gasteiger partial charge in [-0.3, -0.25) is 14.2 Å². The predicted molar refractivity (Wildman–Crippen MR) is 124 cm³/mol. The molecule has 154 valence electrons. The van der Waals surface area contributed by atoms with Crippen LogP contribution in [0.4, 0.5) is 0 Å². The van der Waals surface area contributed by atoms with Gasteiger partial charge in [0.1, 0.15) is 4.83 Å². The molecule has 8 heteroatoms. The van der Waals surface area contributed by atoms with Crippen LogP contribution in [0, 0.1) is 0 Å². The van der Waals surface area contributed by atoms with Crippen LogP contribution in [0.5, 0.6) is 0 Å². The van der Waals surface area contributed by atoms with Crippen LogP contribution in [0.15, 0.2) is 52.1 Å². The molecule has 0 saturated heterocycles. The fourth-order valence-corrected chi connectivity index (χ4v) is 5.44. The van der Waals surface area contributed by atoms with Crippen molar-refractivity contribution in [3.05, 3.63) is 83.0 Å². The van der Waals surface area contributed by atoms with Gasteiger partial charge in [-0.05, 0) is 49.2 Å². The average Bonchev–Trinajstić information content (AvgIpc) is 3.38. The lowest BCUT2D eigenvalue weighted by Gasteiger charge is -2.11. The summed E-state index contributed by atoms with van der Waals surface area (Å²) in [4.78, 5) is 42.7. The van der Waals surface area contributed by atoms with E-state index in [2.05, 4.69) is 0 Å². The second-order valence-corrected chi connectivity index (χ2v) is 9.54. The van der Waals surface area contributed by atoms with Crippen LogP contribution in [0.2, 0.25) is 5.02 Å². The van der Waals surface area contributed by atoms with Crippen LogP contribution in [0.1, 0.15) is 33.3 Å². The number of Topliss-reactive ketones (excluding diaryl/α,β-unsaturated/α-hetero) is 1. The van der Waals surface area contributed by atoms with Gasteiger partial charge in [-0.15, -0.1) is 22.7 Å². The van der Waals surface area contributed by atoms with E-state index in [-0.39, 0.29) is 12.3 Å². The number of carbonyl (C=O) groups excluding carboxylic acids is 1. The van der Waals surface area contributed by atoms with Gasteiger partial charge in [-0.1, -0.05) is 31.5 Å². The molecule has 0 radical (unpaired) electrons. The molecule has 0 bridgehead atoms. The van der Waals surface area contributed by atoms with Crippen molar-refractivity contribution in [1.29, 1.82) is 0 Å². The van der Waals surface area contributed by atoms with Crippen LogP contribution >= 0.6 is 34.3 Å². The van der Waals surface area contributed by atoms with Crippen molar-refractivity contribution in [2.45, 2.75) is 33.2 Å². The third-order valence-electron chi connectivity index (χ3n) is 4.87. The molecule has 0 aliphatic rings. The second kappa shape index (κ2) is 8.34. The molecule has 0 aliphatic heterocycles. The Labute approximate surface area is 185 Å². The number of halogens is 1. The Balaban J connectivity index is 1.93. The van der Waals surface area contributed by atoms with Gasteiger partial charge in [0.15, 0.2) is 5.78 Å². The summed E-state index contributed by atoms with van der Waals surface area (Å²) in [5, 5.41) is 0.858. The van der Waals surface area contributed by atoms with E-state index in [1.165, 1.54) is 27.2 Å². The number of hydrogen-bond donors (Lipinski definition) is 0. The number of carbonyl (C=O) groups is 1. The van der Waals surface area contributed by atoms with Gasteiger partial charge in [0.25, 0.3) is 5.56 Å². The number of hydrogen-bond acceptors (Lipinski definition) is 5. The van der Waals surface area contributed by atoms with E-state index in [1.807, 2.05) is 26.0 Å². The molecule has 3 aromatic heterocycles. The lowest BCUT2D eigenvalue weighted by atomic mass is 10.2. The molecule has 5 nitrogen and oxygen atoms in total. The molecule has 4 rings (SSSR count). The smallest absolute Gasteiger partial charge is 0.291 e. The highest BCUT2D eigenvalue weighted by Gasteiger charge is 2.20. The number of nitrogens with zero attached hydrogens (tertiary/aromatic N) is 2. The van der Waals surface area contributed by atoms with Crippen LogP contribution in [-0.4, -0.2) is 14.9 Å². The van der Waals surface area contributed by atoms with Crippen molar-refractivity contribution in [3.63, 3.8) is 0 Å². The van der Waals surface area contributed by atoms with E-state index >= 15 is 0 Å². The van der Waals surface area contributed by atoms with Gasteiger partial charge in [0.05, 0.1) is 22.5 Å². The fourth-order valence-electron chi connectivity index (χ4n) is 3.30. The van der Waals surface area contributed by atoms with Gasteiger partial charge >= 0.3 is 5.69 Å². The van der Waals surface area contributed by atoms with Gasteiger partial charge in [-0.2, -0.15) is 0 Å². The maximum Gasteiger partial charge on any atom is 0.337 e. The SMILES string of the molecule is CCc1ccc(C(=O)Cn2c(=O)n(-c3cccc(Cl)c3)c(=O)c3cc(CC)sc32)s1. The zero-order chi connectivity index (χ0) is 21.4. The Morgan fingerprint density at radius 2 is 1.77 bits per heavy atom. The summed E-state index contributed by atoms with van der Waals surface area (Å²) < 4.78 is 2.51. The van der Waals surface area contributed by atoms with Crippen molar-refractivity contribution in [2.75, 3.05) is 0 Å². The number of aromatic nitrogens is 2. The van der Waals surface area contributed by atoms with Crippen molar-refractivity contribution < 1.29 is 4.79 Å². The molecule has 0 amide bonds. The van der Waals surface area contributed by atoms with Crippen LogP contribution in [0.25, 0.3) is 15.9 Å². The van der Waals surface area contributed by atoms with Crippen LogP contribution < -0.4 is 11.2 Å². The topological polar surface area (TPSA) is 61.1 Å². The first-order valence-electron chi connectivity index (χ1n) is 9.59. The Hall–Kier alpha value is -2.48. The number of fused-ring (bicyclic) bond motifs is 1. The number of rotatable bonds is 6. The number of thiophene rings is 2. The first-order chi connectivity index (χ1) is 14.4. The van der Waals surface area contributed by atoms with Crippen molar-refractivity contribution >= 4 is 50.3 Å². The third-order valence-corrected chi connectivity index (χ3v) is 7.67. The predicted octanol–water partition coefficient (Wildman–Crippen LogP) is 4.94. The summed E-state index contributed by atoms with van der Waals surface area (Å²) in [7, 11) is 0. The average molecular weight is 459 g/mol. The highest BCUT2D eigenvalue weighted by atomic mass is 35.5. The van der Waals surface area contributed by atoms with E-state index in [9.17, 15) is 14.4 Å². The summed E-state index contributed by atoms with van der Waals surface area (Å²) in [6, 6.07) is 12.1. The molecule has 0 unspecified atom stereocenters. The molecule has 0 N–H and O–H groups in total. The standard InChI is InChI=1S/C22H19ClN2O3S2/c1-3-15-8-9-19(29-15)18(26)12-24-21-17(11-16(4-2)30-21)20(27)25(22(24)28)14-7-5-6-13(23)10-14/h5-11H,3-4,12H2,1-2H3. The lowest BCUT2D eigenvalue weighted by molar-refractivity contribution is 0.0975. The van der Waals surface area contributed by atoms with Crippen LogP contribution in [-0.2, 0) is 19.4 Å². The summed E-state index contributed by atoms with van der Waals surface area (Å²) in [5.74, 6) is -0.147. The van der Waals surface area contributed by atoms with E-state index in [0.29, 0.717) is 25.8 Å². The zero-order valence-corrected chi connectivity index (χ0v) is 18.9. The minimum Gasteiger partial charge on any atom is -0.291 e. The summed E-state index contributed by atoms with van der Waals surface area (Å²) in [6.07, 6.45) is 1.59. The van der Waals surface area contributed by atoms with Crippen LogP contribution in [0.3, 0.4) is 0 Å². The van der Waals surface area contributed by atoms with Gasteiger partial charge in [0, 0.05) is 14.8 Å². The van der Waals surface area contributed by atoms with Gasteiger partial charge in [-0.25, -0.2) is 9.36 Å². The molecule has 3 heterocycles. The zero-order valence-electron chi connectivity index (χ0n) is 16.5. The minimum absolute atomic E-state index is 0.122.